The lowest BCUT2D eigenvalue weighted by Gasteiger charge is -2.33. The summed E-state index contributed by atoms with van der Waals surface area (Å²) in [4.78, 5) is 37.3. The Morgan fingerprint density at radius 1 is 1.19 bits per heavy atom. The Morgan fingerprint density at radius 2 is 1.86 bits per heavy atom. The van der Waals surface area contributed by atoms with Crippen LogP contribution in [0.3, 0.4) is 0 Å². The van der Waals surface area contributed by atoms with Crippen LogP contribution in [0.2, 0.25) is 0 Å². The van der Waals surface area contributed by atoms with Gasteiger partial charge >= 0.3 is 0 Å². The quantitative estimate of drug-likeness (QED) is 0.237. The highest BCUT2D eigenvalue weighted by atomic mass is 19.3. The summed E-state index contributed by atoms with van der Waals surface area (Å²) in [6.07, 6.45) is -3.50. The molecular weight excluding hydrogens is 580 g/mol. The summed E-state index contributed by atoms with van der Waals surface area (Å²) in [5, 5.41) is 9.10. The number of carbonyl (C=O) groups excluding carboxylic acids is 2. The van der Waals surface area contributed by atoms with Gasteiger partial charge in [-0.25, -0.2) is 41.0 Å². The number of hydrogen-bond donors (Lipinski definition) is 3. The van der Waals surface area contributed by atoms with Crippen LogP contribution >= 0.6 is 0 Å². The third-order valence-electron chi connectivity index (χ3n) is 7.51. The van der Waals surface area contributed by atoms with Crippen molar-refractivity contribution in [3.63, 3.8) is 0 Å². The molecule has 1 fully saturated rings. The molecule has 9 nitrogen and oxygen atoms in total. The number of fused-ring (bicyclic) bond motifs is 1. The number of hydrogen-bond acceptors (Lipinski definition) is 5. The average Bonchev–Trinajstić information content (AvgIpc) is 3.57. The van der Waals surface area contributed by atoms with Crippen molar-refractivity contribution in [2.45, 2.75) is 95.8 Å². The van der Waals surface area contributed by atoms with Crippen LogP contribution < -0.4 is 10.6 Å². The van der Waals surface area contributed by atoms with Crippen LogP contribution in [0.4, 0.5) is 26.3 Å². The molecule has 1 aliphatic carbocycles. The Kier molecular flexibility index (Phi) is 9.40. The molecule has 1 saturated carbocycles. The highest BCUT2D eigenvalue weighted by Gasteiger charge is 2.40. The predicted molar refractivity (Wildman–Crippen MR) is 145 cm³/mol. The van der Waals surface area contributed by atoms with E-state index in [2.05, 4.69) is 30.7 Å². The van der Waals surface area contributed by atoms with Crippen LogP contribution in [-0.2, 0) is 4.79 Å². The van der Waals surface area contributed by atoms with Crippen LogP contribution in [0.25, 0.3) is 11.0 Å². The lowest BCUT2D eigenvalue weighted by Crippen LogP contribution is -2.39. The smallest absolute Gasteiger partial charge is 0.289 e. The first-order chi connectivity index (χ1) is 20.1. The van der Waals surface area contributed by atoms with E-state index in [-0.39, 0.29) is 47.1 Å². The van der Waals surface area contributed by atoms with E-state index in [9.17, 15) is 31.5 Å². The van der Waals surface area contributed by atoms with E-state index < -0.39 is 79.3 Å². The second kappa shape index (κ2) is 12.5. The van der Waals surface area contributed by atoms with E-state index >= 15 is 4.39 Å². The summed E-state index contributed by atoms with van der Waals surface area (Å²) in [7, 11) is 0. The van der Waals surface area contributed by atoms with Crippen molar-refractivity contribution in [3.05, 3.63) is 41.5 Å². The lowest BCUT2D eigenvalue weighted by atomic mass is 9.81. The van der Waals surface area contributed by atoms with Crippen molar-refractivity contribution in [2.24, 2.45) is 5.92 Å². The van der Waals surface area contributed by atoms with Gasteiger partial charge in [-0.05, 0) is 52.5 Å². The third kappa shape index (κ3) is 7.66. The average molecular weight is 616 g/mol. The van der Waals surface area contributed by atoms with E-state index in [0.29, 0.717) is 0 Å². The first-order valence-corrected chi connectivity index (χ1v) is 14.1. The molecule has 2 atom stereocenters. The Morgan fingerprint density at radius 3 is 2.47 bits per heavy atom. The molecule has 1 unspecified atom stereocenters. The maximum absolute atomic E-state index is 15.9. The number of nitrogens with one attached hydrogen (secondary N) is 3. The standard InChI is InChI=1S/C28H35F6N7O2/c1-14(2)41-24(36-13-37-41)26(43)40-21(15-7-9-28(33,34)10-8-15)23-38-18-6-5-16(20(31)22(18)39-23)17(11-19(29)30)25(42)35-12-27(3,4)32/h5-6,13-15,17,19,21H,7-12H2,1-4H3,(H,35,42)(H,38,39)(H,40,43)/t17?,21-/m0/s1. The molecule has 1 aromatic carbocycles. The van der Waals surface area contributed by atoms with Gasteiger partial charge in [-0.1, -0.05) is 6.07 Å². The molecule has 0 radical (unpaired) electrons. The second-order valence-electron chi connectivity index (χ2n) is 11.9. The second-order valence-corrected chi connectivity index (χ2v) is 11.9. The summed E-state index contributed by atoms with van der Waals surface area (Å²) in [5.41, 5.74) is -2.32. The maximum Gasteiger partial charge on any atom is 0.289 e. The third-order valence-corrected chi connectivity index (χ3v) is 7.51. The van der Waals surface area contributed by atoms with Crippen LogP contribution in [0.1, 0.15) is 99.8 Å². The number of aromatic nitrogens is 5. The van der Waals surface area contributed by atoms with E-state index in [1.54, 1.807) is 13.8 Å². The zero-order chi connectivity index (χ0) is 31.7. The molecule has 15 heteroatoms. The van der Waals surface area contributed by atoms with Gasteiger partial charge in [0, 0.05) is 30.9 Å². The van der Waals surface area contributed by atoms with Gasteiger partial charge in [0.25, 0.3) is 5.91 Å². The topological polar surface area (TPSA) is 118 Å². The molecular formula is C28H35F6N7O2. The van der Waals surface area contributed by atoms with Crippen molar-refractivity contribution >= 4 is 22.8 Å². The van der Waals surface area contributed by atoms with Gasteiger partial charge in [-0.2, -0.15) is 5.10 Å². The molecule has 2 heterocycles. The summed E-state index contributed by atoms with van der Waals surface area (Å²) >= 11 is 0. The number of aromatic amines is 1. The SMILES string of the molecule is CC(C)n1ncnc1C(=O)N[C@H](c1nc2c(F)c(C(CC(F)F)C(=O)NCC(C)(C)F)ccc2[nH]1)C1CCC(F)(F)CC1. The van der Waals surface area contributed by atoms with E-state index in [4.69, 9.17) is 0 Å². The Bertz CT molecular complexity index is 1440. The van der Waals surface area contributed by atoms with Crippen LogP contribution in [0.15, 0.2) is 18.5 Å². The predicted octanol–water partition coefficient (Wildman–Crippen LogP) is 5.77. The zero-order valence-electron chi connectivity index (χ0n) is 24.2. The van der Waals surface area contributed by atoms with Crippen molar-refractivity contribution < 1.29 is 35.9 Å². The fourth-order valence-electron chi connectivity index (χ4n) is 5.27. The lowest BCUT2D eigenvalue weighted by molar-refractivity contribution is -0.124. The molecule has 0 aliphatic heterocycles. The Hall–Kier alpha value is -3.65. The number of rotatable bonds is 11. The van der Waals surface area contributed by atoms with Gasteiger partial charge in [0.15, 0.2) is 5.82 Å². The van der Waals surface area contributed by atoms with Gasteiger partial charge in [0.2, 0.25) is 24.1 Å². The van der Waals surface area contributed by atoms with Gasteiger partial charge < -0.3 is 15.6 Å². The summed E-state index contributed by atoms with van der Waals surface area (Å²) in [6.45, 7) is 5.53. The molecule has 1 aliphatic rings. The molecule has 0 saturated heterocycles. The fourth-order valence-corrected chi connectivity index (χ4v) is 5.27. The van der Waals surface area contributed by atoms with Gasteiger partial charge in [-0.15, -0.1) is 0 Å². The molecule has 43 heavy (non-hydrogen) atoms. The van der Waals surface area contributed by atoms with Crippen LogP contribution in [0.5, 0.6) is 0 Å². The summed E-state index contributed by atoms with van der Waals surface area (Å²) in [5.74, 6) is -7.58. The monoisotopic (exact) mass is 615 g/mol. The highest BCUT2D eigenvalue weighted by molar-refractivity contribution is 5.91. The van der Waals surface area contributed by atoms with Crippen molar-refractivity contribution in [3.8, 4) is 0 Å². The van der Waals surface area contributed by atoms with Gasteiger partial charge in [-0.3, -0.25) is 9.59 Å². The molecule has 0 bridgehead atoms. The Labute approximate surface area is 244 Å². The maximum atomic E-state index is 15.9. The van der Waals surface area contributed by atoms with E-state index in [1.165, 1.54) is 37.0 Å². The molecule has 3 aromatic rings. The van der Waals surface area contributed by atoms with Crippen molar-refractivity contribution in [2.75, 3.05) is 6.54 Å². The van der Waals surface area contributed by atoms with Crippen molar-refractivity contribution in [1.82, 2.24) is 35.4 Å². The van der Waals surface area contributed by atoms with E-state index in [0.717, 1.165) is 0 Å². The van der Waals surface area contributed by atoms with Crippen LogP contribution in [0, 0.1) is 11.7 Å². The summed E-state index contributed by atoms with van der Waals surface area (Å²) < 4.78 is 86.1. The number of imidazole rings is 1. The van der Waals surface area contributed by atoms with Crippen molar-refractivity contribution in [1.29, 1.82) is 0 Å². The first-order valence-electron chi connectivity index (χ1n) is 14.1. The highest BCUT2D eigenvalue weighted by Crippen LogP contribution is 2.41. The minimum atomic E-state index is -2.96. The first kappa shape index (κ1) is 32.3. The van der Waals surface area contributed by atoms with Gasteiger partial charge in [0.05, 0.1) is 24.0 Å². The molecule has 236 valence electrons. The number of benzene rings is 1. The van der Waals surface area contributed by atoms with Crippen LogP contribution in [-0.4, -0.2) is 61.1 Å². The summed E-state index contributed by atoms with van der Waals surface area (Å²) in [6, 6.07) is 1.37. The molecule has 3 N–H and O–H groups in total. The fraction of sp³-hybridized carbons (Fsp3) is 0.607. The normalized spacial score (nSPS) is 17.4. The number of alkyl halides is 5. The molecule has 0 spiro atoms. The minimum absolute atomic E-state index is 0.0111. The minimum Gasteiger partial charge on any atom is -0.352 e. The Balaban J connectivity index is 1.70. The zero-order valence-corrected chi connectivity index (χ0v) is 24.2. The number of nitrogens with zero attached hydrogens (tertiary/aromatic N) is 4. The number of amides is 2. The largest absolute Gasteiger partial charge is 0.352 e. The van der Waals surface area contributed by atoms with E-state index in [1.807, 2.05) is 0 Å². The molecule has 2 aromatic heterocycles. The number of carbonyl (C=O) groups is 2. The number of halogens is 6. The number of H-pyrrole nitrogens is 1. The molecule has 4 rings (SSSR count). The van der Waals surface area contributed by atoms with Gasteiger partial charge in [0.1, 0.15) is 23.3 Å². The molecule has 2 amide bonds.